The number of carboxylic acid groups (broad SMARTS) is 1. The molecule has 0 heterocycles. The molecule has 5 nitrogen and oxygen atoms in total. The predicted molar refractivity (Wildman–Crippen MR) is 67.8 cm³/mol. The number of aromatic carboxylic acids is 1. The van der Waals surface area contributed by atoms with E-state index in [2.05, 4.69) is 0 Å². The van der Waals surface area contributed by atoms with Crippen molar-refractivity contribution in [2.75, 3.05) is 0 Å². The molecule has 0 amide bonds. The quantitative estimate of drug-likeness (QED) is 0.750. The fourth-order valence-electron chi connectivity index (χ4n) is 1.27. The van der Waals surface area contributed by atoms with Crippen LogP contribution in [0.15, 0.2) is 36.4 Å². The molecule has 0 aliphatic rings. The van der Waals surface area contributed by atoms with Crippen molar-refractivity contribution in [3.8, 4) is 17.6 Å². The molecule has 0 saturated heterocycles. The van der Waals surface area contributed by atoms with E-state index in [-0.39, 0.29) is 17.1 Å². The van der Waals surface area contributed by atoms with Crippen molar-refractivity contribution >= 4 is 5.97 Å². The second-order valence-electron chi connectivity index (χ2n) is 3.75. The Kier molecular flexibility index (Phi) is 5.20. The number of carbonyl (C=O) groups is 1. The monoisotopic (exact) mass is 293 g/mol. The van der Waals surface area contributed by atoms with E-state index in [1.807, 2.05) is 0 Å². The number of phenolic OH excluding ortho intramolecular Hbond substituents is 2. The SMILES string of the molecule is N#Cc1ccc(O)cc1F.O=C(O)c1ccc(O)cc1F. The van der Waals surface area contributed by atoms with Crippen LogP contribution in [0.3, 0.4) is 0 Å². The van der Waals surface area contributed by atoms with E-state index < -0.39 is 23.2 Å². The average Bonchev–Trinajstić information content (AvgIpc) is 2.39. The van der Waals surface area contributed by atoms with Gasteiger partial charge in [-0.05, 0) is 24.3 Å². The molecule has 0 aromatic heterocycles. The highest BCUT2D eigenvalue weighted by atomic mass is 19.1. The molecule has 3 N–H and O–H groups in total. The van der Waals surface area contributed by atoms with E-state index in [4.69, 9.17) is 20.6 Å². The van der Waals surface area contributed by atoms with Crippen molar-refractivity contribution in [3.05, 3.63) is 59.2 Å². The van der Waals surface area contributed by atoms with Crippen LogP contribution in [-0.2, 0) is 0 Å². The van der Waals surface area contributed by atoms with Crippen LogP contribution in [0.2, 0.25) is 0 Å². The van der Waals surface area contributed by atoms with Gasteiger partial charge in [-0.25, -0.2) is 13.6 Å². The van der Waals surface area contributed by atoms with Crippen LogP contribution < -0.4 is 0 Å². The minimum atomic E-state index is -1.34. The lowest BCUT2D eigenvalue weighted by Crippen LogP contribution is -1.99. The predicted octanol–water partition coefficient (Wildman–Crippen LogP) is 2.63. The molecule has 0 spiro atoms. The second-order valence-corrected chi connectivity index (χ2v) is 3.75. The molecule has 108 valence electrons. The Morgan fingerprint density at radius 1 is 1.00 bits per heavy atom. The van der Waals surface area contributed by atoms with Crippen molar-refractivity contribution in [2.45, 2.75) is 0 Å². The summed E-state index contributed by atoms with van der Waals surface area (Å²) < 4.78 is 25.0. The Morgan fingerprint density at radius 3 is 1.95 bits per heavy atom. The van der Waals surface area contributed by atoms with E-state index in [9.17, 15) is 13.6 Å². The Bertz CT molecular complexity index is 711. The van der Waals surface area contributed by atoms with Crippen molar-refractivity contribution in [2.24, 2.45) is 0 Å². The van der Waals surface area contributed by atoms with Crippen LogP contribution in [0.4, 0.5) is 8.78 Å². The first-order valence-corrected chi connectivity index (χ1v) is 5.45. The first-order chi connectivity index (χ1) is 9.85. The van der Waals surface area contributed by atoms with E-state index in [1.54, 1.807) is 6.07 Å². The number of carboxylic acids is 1. The molecule has 0 saturated carbocycles. The van der Waals surface area contributed by atoms with Gasteiger partial charge in [-0.3, -0.25) is 0 Å². The number of aromatic hydroxyl groups is 2. The molecular formula is C14H9F2NO4. The highest BCUT2D eigenvalue weighted by Crippen LogP contribution is 2.14. The number of hydrogen-bond donors (Lipinski definition) is 3. The van der Waals surface area contributed by atoms with Gasteiger partial charge >= 0.3 is 5.97 Å². The lowest BCUT2D eigenvalue weighted by molar-refractivity contribution is 0.0692. The van der Waals surface area contributed by atoms with Crippen molar-refractivity contribution in [1.82, 2.24) is 0 Å². The number of phenols is 2. The number of rotatable bonds is 1. The molecule has 0 aliphatic heterocycles. The first-order valence-electron chi connectivity index (χ1n) is 5.45. The molecule has 0 radical (unpaired) electrons. The average molecular weight is 293 g/mol. The Morgan fingerprint density at radius 2 is 1.52 bits per heavy atom. The summed E-state index contributed by atoms with van der Waals surface area (Å²) >= 11 is 0. The molecule has 2 rings (SSSR count). The maximum atomic E-state index is 12.6. The Balaban J connectivity index is 0.000000211. The summed E-state index contributed by atoms with van der Waals surface area (Å²) in [5.41, 5.74) is -0.499. The zero-order valence-electron chi connectivity index (χ0n) is 10.4. The second kappa shape index (κ2) is 6.86. The van der Waals surface area contributed by atoms with Crippen molar-refractivity contribution < 1.29 is 28.9 Å². The van der Waals surface area contributed by atoms with E-state index >= 15 is 0 Å². The number of halogens is 2. The summed E-state index contributed by atoms with van der Waals surface area (Å²) in [6.45, 7) is 0. The van der Waals surface area contributed by atoms with Crippen LogP contribution in [0.1, 0.15) is 15.9 Å². The summed E-state index contributed by atoms with van der Waals surface area (Å²) in [4.78, 5) is 10.2. The first kappa shape index (κ1) is 15.9. The highest BCUT2D eigenvalue weighted by molar-refractivity contribution is 5.88. The van der Waals surface area contributed by atoms with Gasteiger partial charge in [-0.1, -0.05) is 0 Å². The third kappa shape index (κ3) is 4.47. The van der Waals surface area contributed by atoms with Gasteiger partial charge in [0.25, 0.3) is 0 Å². The maximum Gasteiger partial charge on any atom is 0.338 e. The lowest BCUT2D eigenvalue weighted by atomic mass is 10.2. The topological polar surface area (TPSA) is 102 Å². The van der Waals surface area contributed by atoms with Gasteiger partial charge < -0.3 is 15.3 Å². The van der Waals surface area contributed by atoms with E-state index in [1.165, 1.54) is 12.1 Å². The summed E-state index contributed by atoms with van der Waals surface area (Å²) in [6.07, 6.45) is 0. The Labute approximate surface area is 117 Å². The third-order valence-electron chi connectivity index (χ3n) is 2.26. The largest absolute Gasteiger partial charge is 0.508 e. The lowest BCUT2D eigenvalue weighted by Gasteiger charge is -1.96. The molecule has 0 unspecified atom stereocenters. The minimum absolute atomic E-state index is 0.0576. The third-order valence-corrected chi connectivity index (χ3v) is 2.26. The molecule has 0 atom stereocenters. The van der Waals surface area contributed by atoms with Gasteiger partial charge in [-0.2, -0.15) is 5.26 Å². The minimum Gasteiger partial charge on any atom is -0.508 e. The summed E-state index contributed by atoms with van der Waals surface area (Å²) in [5.74, 6) is -3.42. The normalized spacial score (nSPS) is 9.19. The van der Waals surface area contributed by atoms with Gasteiger partial charge in [0.1, 0.15) is 29.2 Å². The van der Waals surface area contributed by atoms with Crippen molar-refractivity contribution in [1.29, 1.82) is 5.26 Å². The number of hydrogen-bond acceptors (Lipinski definition) is 4. The van der Waals surface area contributed by atoms with Gasteiger partial charge in [0.2, 0.25) is 0 Å². The molecule has 0 aliphatic carbocycles. The van der Waals surface area contributed by atoms with E-state index in [0.29, 0.717) is 0 Å². The zero-order valence-corrected chi connectivity index (χ0v) is 10.4. The van der Waals surface area contributed by atoms with Crippen LogP contribution in [-0.4, -0.2) is 21.3 Å². The van der Waals surface area contributed by atoms with Crippen LogP contribution in [0, 0.1) is 23.0 Å². The molecule has 2 aromatic rings. The zero-order chi connectivity index (χ0) is 16.0. The van der Waals surface area contributed by atoms with Gasteiger partial charge in [0, 0.05) is 12.1 Å². The smallest absolute Gasteiger partial charge is 0.338 e. The number of nitriles is 1. The Hall–Kier alpha value is -3.14. The summed E-state index contributed by atoms with van der Waals surface area (Å²) in [6, 6.07) is 7.91. The van der Waals surface area contributed by atoms with Gasteiger partial charge in [0.05, 0.1) is 11.1 Å². The van der Waals surface area contributed by atoms with Gasteiger partial charge in [-0.15, -0.1) is 0 Å². The van der Waals surface area contributed by atoms with Crippen LogP contribution >= 0.6 is 0 Å². The molecule has 21 heavy (non-hydrogen) atoms. The summed E-state index contributed by atoms with van der Waals surface area (Å²) in [5, 5.41) is 33.9. The van der Waals surface area contributed by atoms with E-state index in [0.717, 1.165) is 24.3 Å². The fraction of sp³-hybridized carbons (Fsp3) is 0. The molecule has 2 aromatic carbocycles. The van der Waals surface area contributed by atoms with Gasteiger partial charge in [0.15, 0.2) is 0 Å². The fourth-order valence-corrected chi connectivity index (χ4v) is 1.27. The van der Waals surface area contributed by atoms with Crippen LogP contribution in [0.5, 0.6) is 11.5 Å². The molecule has 0 fully saturated rings. The maximum absolute atomic E-state index is 12.6. The standard InChI is InChI=1S/C7H4FNO.C7H5FO3/c8-7-3-6(10)2-1-5(7)4-9;8-6-3-4(9)1-2-5(6)7(10)11/h1-3,10H;1-3,9H,(H,10,11). The molecule has 7 heteroatoms. The molecular weight excluding hydrogens is 284 g/mol. The van der Waals surface area contributed by atoms with Crippen LogP contribution in [0.25, 0.3) is 0 Å². The number of nitrogens with zero attached hydrogens (tertiary/aromatic N) is 1. The number of benzene rings is 2. The highest BCUT2D eigenvalue weighted by Gasteiger charge is 2.09. The molecule has 0 bridgehead atoms. The van der Waals surface area contributed by atoms with Crippen molar-refractivity contribution in [3.63, 3.8) is 0 Å². The summed E-state index contributed by atoms with van der Waals surface area (Å²) in [7, 11) is 0.